The van der Waals surface area contributed by atoms with E-state index < -0.39 is 0 Å². The van der Waals surface area contributed by atoms with Gasteiger partial charge in [0.15, 0.2) is 0 Å². The highest BCUT2D eigenvalue weighted by molar-refractivity contribution is 5.88. The molecule has 0 spiro atoms. The normalized spacial score (nSPS) is 16.2. The third kappa shape index (κ3) is 4.88. The van der Waals surface area contributed by atoms with E-state index in [0.717, 1.165) is 17.5 Å². The van der Waals surface area contributed by atoms with Crippen molar-refractivity contribution in [1.29, 1.82) is 0 Å². The lowest BCUT2D eigenvalue weighted by molar-refractivity contribution is -0.125. The van der Waals surface area contributed by atoms with E-state index in [0.29, 0.717) is 37.7 Å². The summed E-state index contributed by atoms with van der Waals surface area (Å²) in [6, 6.07) is 5.71. The van der Waals surface area contributed by atoms with E-state index in [2.05, 4.69) is 20.2 Å². The van der Waals surface area contributed by atoms with Crippen molar-refractivity contribution in [3.05, 3.63) is 53.1 Å². The van der Waals surface area contributed by atoms with Crippen molar-refractivity contribution in [1.82, 2.24) is 20.2 Å². The fraction of sp³-hybridized carbons (Fsp3) is 0.409. The molecular formula is C22H29N5O3. The summed E-state index contributed by atoms with van der Waals surface area (Å²) in [4.78, 5) is 35.9. The Hall–Kier alpha value is -3.13. The Bertz CT molecular complexity index is 956. The zero-order valence-electron chi connectivity index (χ0n) is 17.7. The number of aromatic nitrogens is 2. The molecule has 8 heteroatoms. The average Bonchev–Trinajstić information content (AvgIpc) is 3.25. The second kappa shape index (κ2) is 10.1. The Morgan fingerprint density at radius 1 is 1.43 bits per heavy atom. The minimum Gasteiger partial charge on any atom is -0.481 e. The molecule has 1 fully saturated rings. The van der Waals surface area contributed by atoms with Gasteiger partial charge in [-0.25, -0.2) is 4.98 Å². The molecule has 0 unspecified atom stereocenters. The molecule has 1 amide bonds. The minimum atomic E-state index is -0.139. The molecule has 0 radical (unpaired) electrons. The number of likely N-dealkylation sites (N-methyl/N-ethyl adjacent to an activating group) is 2. The van der Waals surface area contributed by atoms with E-state index in [9.17, 15) is 9.59 Å². The van der Waals surface area contributed by atoms with Crippen molar-refractivity contribution < 1.29 is 9.53 Å². The molecule has 1 atom stereocenters. The lowest BCUT2D eigenvalue weighted by Crippen LogP contribution is -2.41. The molecule has 0 aliphatic carbocycles. The van der Waals surface area contributed by atoms with Crippen LogP contribution in [0.1, 0.15) is 13.3 Å². The van der Waals surface area contributed by atoms with Crippen molar-refractivity contribution in [3.8, 4) is 17.0 Å². The maximum absolute atomic E-state index is 12.6. The van der Waals surface area contributed by atoms with Gasteiger partial charge >= 0.3 is 0 Å². The fourth-order valence-electron chi connectivity index (χ4n) is 3.76. The Kier molecular flexibility index (Phi) is 7.24. The van der Waals surface area contributed by atoms with Crippen LogP contribution in [-0.4, -0.2) is 67.2 Å². The number of methoxy groups -OCH3 is 1. The number of nitrogens with zero attached hydrogens (tertiary/aromatic N) is 3. The third-order valence-corrected chi connectivity index (χ3v) is 5.31. The topological polar surface area (TPSA) is 90.6 Å². The van der Waals surface area contributed by atoms with Crippen LogP contribution >= 0.6 is 0 Å². The van der Waals surface area contributed by atoms with E-state index in [4.69, 9.17) is 4.74 Å². The average molecular weight is 412 g/mol. The van der Waals surface area contributed by atoms with Gasteiger partial charge in [-0.2, -0.15) is 0 Å². The molecule has 2 aromatic heterocycles. The predicted molar refractivity (Wildman–Crippen MR) is 118 cm³/mol. The molecule has 0 bridgehead atoms. The number of hydrogen-bond acceptors (Lipinski definition) is 6. The van der Waals surface area contributed by atoms with Gasteiger partial charge in [0.2, 0.25) is 11.8 Å². The maximum atomic E-state index is 12.6. The molecule has 3 heterocycles. The van der Waals surface area contributed by atoms with Gasteiger partial charge in [0.05, 0.1) is 7.11 Å². The minimum absolute atomic E-state index is 0.00958. The lowest BCUT2D eigenvalue weighted by Gasteiger charge is -2.29. The summed E-state index contributed by atoms with van der Waals surface area (Å²) in [5.74, 6) is 0.527. The molecule has 2 N–H and O–H groups in total. The summed E-state index contributed by atoms with van der Waals surface area (Å²) < 4.78 is 5.21. The number of rotatable bonds is 8. The molecule has 1 saturated heterocycles. The first kappa shape index (κ1) is 21.6. The summed E-state index contributed by atoms with van der Waals surface area (Å²) in [6.45, 7) is 4.64. The highest BCUT2D eigenvalue weighted by Crippen LogP contribution is 2.26. The predicted octanol–water partition coefficient (Wildman–Crippen LogP) is 1.65. The van der Waals surface area contributed by atoms with Crippen LogP contribution in [0.5, 0.6) is 5.88 Å². The van der Waals surface area contributed by atoms with E-state index in [-0.39, 0.29) is 17.5 Å². The Labute approximate surface area is 176 Å². The van der Waals surface area contributed by atoms with Crippen LogP contribution in [0.15, 0.2) is 47.5 Å². The van der Waals surface area contributed by atoms with E-state index in [1.54, 1.807) is 25.6 Å². The van der Waals surface area contributed by atoms with E-state index >= 15 is 0 Å². The Morgan fingerprint density at radius 3 is 3.00 bits per heavy atom. The van der Waals surface area contributed by atoms with E-state index in [1.165, 1.54) is 0 Å². The molecule has 2 aromatic rings. The molecule has 8 nitrogen and oxygen atoms in total. The summed E-state index contributed by atoms with van der Waals surface area (Å²) in [7, 11) is 3.41. The number of hydrogen-bond donors (Lipinski definition) is 2. The van der Waals surface area contributed by atoms with Crippen molar-refractivity contribution in [2.45, 2.75) is 19.4 Å². The number of ether oxygens (including phenoxy) is 1. The number of amides is 1. The zero-order valence-corrected chi connectivity index (χ0v) is 17.7. The quantitative estimate of drug-likeness (QED) is 0.642. The summed E-state index contributed by atoms with van der Waals surface area (Å²) in [5, 5.41) is 2.99. The van der Waals surface area contributed by atoms with Gasteiger partial charge < -0.3 is 24.8 Å². The van der Waals surface area contributed by atoms with Crippen LogP contribution in [-0.2, 0) is 4.79 Å². The van der Waals surface area contributed by atoms with Crippen molar-refractivity contribution in [3.63, 3.8) is 0 Å². The van der Waals surface area contributed by atoms with Crippen LogP contribution in [0.25, 0.3) is 11.1 Å². The largest absolute Gasteiger partial charge is 0.481 e. The maximum Gasteiger partial charge on any atom is 0.271 e. The third-order valence-electron chi connectivity index (χ3n) is 5.31. The molecule has 3 rings (SSSR count). The van der Waals surface area contributed by atoms with Crippen LogP contribution in [0.4, 0.5) is 5.69 Å². The van der Waals surface area contributed by atoms with Gasteiger partial charge in [-0.15, -0.1) is 0 Å². The fourth-order valence-corrected chi connectivity index (χ4v) is 3.76. The van der Waals surface area contributed by atoms with Gasteiger partial charge in [0.1, 0.15) is 5.69 Å². The molecule has 0 saturated carbocycles. The standard InChI is InChI=1S/C22H29N5O3/c1-4-27(18-8-11-26(15-18)21(28)6-5-9-23-2)19-12-17(14-25-22(19)29)16-7-10-24-20(13-16)30-3/h5-7,10,12-14,18,23H,4,8-9,11,15H2,1-3H3,(H,25,29)/b6-5+/t18-/m0/s1. The zero-order chi connectivity index (χ0) is 21.5. The number of likely N-dealkylation sites (tertiary alicyclic amines) is 1. The monoisotopic (exact) mass is 411 g/mol. The molecular weight excluding hydrogens is 382 g/mol. The van der Waals surface area contributed by atoms with Crippen LogP contribution in [0.2, 0.25) is 0 Å². The number of carbonyl (C=O) groups is 1. The molecule has 0 aromatic carbocycles. The van der Waals surface area contributed by atoms with Crippen molar-refractivity contribution in [2.75, 3.05) is 45.2 Å². The van der Waals surface area contributed by atoms with Gasteiger partial charge in [-0.05, 0) is 38.1 Å². The van der Waals surface area contributed by atoms with Crippen LogP contribution < -0.4 is 20.5 Å². The Balaban J connectivity index is 1.81. The lowest BCUT2D eigenvalue weighted by atomic mass is 10.1. The van der Waals surface area contributed by atoms with Gasteiger partial charge in [0.25, 0.3) is 5.56 Å². The summed E-state index contributed by atoms with van der Waals surface area (Å²) in [6.07, 6.45) is 7.64. The summed E-state index contributed by atoms with van der Waals surface area (Å²) in [5.41, 5.74) is 2.26. The van der Waals surface area contributed by atoms with Crippen molar-refractivity contribution >= 4 is 11.6 Å². The Morgan fingerprint density at radius 2 is 2.27 bits per heavy atom. The molecule has 1 aliphatic heterocycles. The number of nitrogens with one attached hydrogen (secondary N) is 2. The number of anilines is 1. The smallest absolute Gasteiger partial charge is 0.271 e. The second-order valence-corrected chi connectivity index (χ2v) is 7.16. The van der Waals surface area contributed by atoms with Gasteiger partial charge in [-0.1, -0.05) is 6.08 Å². The number of H-pyrrole nitrogens is 1. The van der Waals surface area contributed by atoms with Gasteiger partial charge in [0, 0.05) is 62.3 Å². The first-order chi connectivity index (χ1) is 14.6. The van der Waals surface area contributed by atoms with Crippen molar-refractivity contribution in [2.24, 2.45) is 0 Å². The second-order valence-electron chi connectivity index (χ2n) is 7.16. The highest BCUT2D eigenvalue weighted by Gasteiger charge is 2.30. The summed E-state index contributed by atoms with van der Waals surface area (Å²) >= 11 is 0. The number of pyridine rings is 2. The van der Waals surface area contributed by atoms with Crippen LogP contribution in [0.3, 0.4) is 0 Å². The SMILES string of the molecule is CCN(c1cc(-c2ccnc(OC)c2)c[nH]c1=O)[C@H]1CCN(C(=O)/C=C/CNC)C1. The first-order valence-electron chi connectivity index (χ1n) is 10.2. The number of aromatic amines is 1. The first-order valence-corrected chi connectivity index (χ1v) is 10.2. The number of carbonyl (C=O) groups excluding carboxylic acids is 1. The van der Waals surface area contributed by atoms with Gasteiger partial charge in [-0.3, -0.25) is 9.59 Å². The molecule has 1 aliphatic rings. The highest BCUT2D eigenvalue weighted by atomic mass is 16.5. The van der Waals surface area contributed by atoms with E-state index in [1.807, 2.05) is 43.1 Å². The molecule has 160 valence electrons. The molecule has 30 heavy (non-hydrogen) atoms. The van der Waals surface area contributed by atoms with Crippen LogP contribution in [0, 0.1) is 0 Å².